The first-order chi connectivity index (χ1) is 17.3. The molecule has 184 valence electrons. The van der Waals surface area contributed by atoms with Gasteiger partial charge in [-0.1, -0.05) is 66.7 Å². The molecule has 1 aliphatic rings. The van der Waals surface area contributed by atoms with Gasteiger partial charge in [0.05, 0.1) is 0 Å². The van der Waals surface area contributed by atoms with Crippen LogP contribution in [-0.2, 0) is 32.2 Å². The number of phenols is 4. The minimum atomic E-state index is 0.176. The normalized spacial score (nSPS) is 13.1. The van der Waals surface area contributed by atoms with Gasteiger partial charge in [-0.2, -0.15) is 0 Å². The van der Waals surface area contributed by atoms with Gasteiger partial charge in [-0.3, -0.25) is 0 Å². The van der Waals surface area contributed by atoms with Crippen molar-refractivity contribution in [2.75, 3.05) is 14.1 Å². The first-order valence-electron chi connectivity index (χ1n) is 12.2. The van der Waals surface area contributed by atoms with Crippen LogP contribution in [0.3, 0.4) is 0 Å². The molecule has 0 unspecified atom stereocenters. The molecule has 4 aromatic carbocycles. The standard InChI is InChI=1S/C31H31NO4/c1-32(2)18-19-12-26-16-24-10-4-8-22(29(24)34)14-20-6-3-7-21(28(20)33)15-23-9-5-11-25(30(23)35)17-27(13-19)31(26)36/h3-13,33-36H,14-18H2,1-2H3. The molecule has 0 spiro atoms. The Labute approximate surface area is 211 Å². The SMILES string of the molecule is CN(C)Cc1cc2c(O)c(c1)Cc1cccc(c1O)Cc1cccc(c1O)Cc1cccc(c1O)C2. The Kier molecular flexibility index (Phi) is 6.33. The molecule has 4 N–H and O–H groups in total. The summed E-state index contributed by atoms with van der Waals surface area (Å²) in [6.07, 6.45) is 1.45. The molecular weight excluding hydrogens is 450 g/mol. The van der Waals surface area contributed by atoms with Gasteiger partial charge in [0.25, 0.3) is 0 Å². The zero-order valence-electron chi connectivity index (χ0n) is 20.6. The Balaban J connectivity index is 1.72. The largest absolute Gasteiger partial charge is 0.507 e. The molecule has 0 fully saturated rings. The minimum absolute atomic E-state index is 0.176. The summed E-state index contributed by atoms with van der Waals surface area (Å²) in [6.45, 7) is 0.701. The Morgan fingerprint density at radius 1 is 0.500 bits per heavy atom. The topological polar surface area (TPSA) is 84.2 Å². The lowest BCUT2D eigenvalue weighted by molar-refractivity contribution is 0.401. The number of rotatable bonds is 2. The molecule has 5 nitrogen and oxygen atoms in total. The highest BCUT2D eigenvalue weighted by Gasteiger charge is 2.19. The van der Waals surface area contributed by atoms with Crippen molar-refractivity contribution in [1.82, 2.24) is 4.90 Å². The molecule has 1 aliphatic carbocycles. The maximum absolute atomic E-state index is 11.3. The van der Waals surface area contributed by atoms with E-state index in [1.807, 2.05) is 80.8 Å². The van der Waals surface area contributed by atoms with Crippen LogP contribution in [0.15, 0.2) is 66.7 Å². The van der Waals surface area contributed by atoms with Crippen molar-refractivity contribution in [2.45, 2.75) is 32.2 Å². The second kappa shape index (κ2) is 9.59. The summed E-state index contributed by atoms with van der Waals surface area (Å²) in [6, 6.07) is 20.8. The molecule has 8 bridgehead atoms. The van der Waals surface area contributed by atoms with Crippen molar-refractivity contribution in [3.05, 3.63) is 117 Å². The van der Waals surface area contributed by atoms with Crippen molar-refractivity contribution in [3.63, 3.8) is 0 Å². The third-order valence-electron chi connectivity index (χ3n) is 6.96. The van der Waals surface area contributed by atoms with Gasteiger partial charge in [-0.15, -0.1) is 0 Å². The Bertz CT molecular complexity index is 1340. The summed E-state index contributed by atoms with van der Waals surface area (Å²) < 4.78 is 0. The van der Waals surface area contributed by atoms with Gasteiger partial charge >= 0.3 is 0 Å². The zero-order valence-corrected chi connectivity index (χ0v) is 20.6. The van der Waals surface area contributed by atoms with Crippen molar-refractivity contribution in [1.29, 1.82) is 0 Å². The number of benzene rings is 4. The van der Waals surface area contributed by atoms with Crippen LogP contribution in [0.2, 0.25) is 0 Å². The first-order valence-corrected chi connectivity index (χ1v) is 12.2. The molecule has 0 saturated heterocycles. The average Bonchev–Trinajstić information content (AvgIpc) is 2.83. The third-order valence-corrected chi connectivity index (χ3v) is 6.96. The molecule has 0 amide bonds. The van der Waals surface area contributed by atoms with E-state index >= 15 is 0 Å². The van der Waals surface area contributed by atoms with E-state index in [9.17, 15) is 20.4 Å². The van der Waals surface area contributed by atoms with Gasteiger partial charge in [0.2, 0.25) is 0 Å². The molecule has 0 atom stereocenters. The first kappa shape index (κ1) is 23.8. The van der Waals surface area contributed by atoms with Crippen LogP contribution in [0.5, 0.6) is 23.0 Å². The molecule has 0 heterocycles. The molecule has 0 aliphatic heterocycles. The molecule has 5 heteroatoms. The highest BCUT2D eigenvalue weighted by Crippen LogP contribution is 2.37. The van der Waals surface area contributed by atoms with E-state index in [0.717, 1.165) is 16.7 Å². The van der Waals surface area contributed by atoms with E-state index < -0.39 is 0 Å². The highest BCUT2D eigenvalue weighted by atomic mass is 16.3. The zero-order chi connectivity index (χ0) is 25.4. The van der Waals surface area contributed by atoms with E-state index in [4.69, 9.17) is 0 Å². The van der Waals surface area contributed by atoms with E-state index in [2.05, 4.69) is 4.90 Å². The fraction of sp³-hybridized carbons (Fsp3) is 0.226. The van der Waals surface area contributed by atoms with Gasteiger partial charge in [0.1, 0.15) is 23.0 Å². The van der Waals surface area contributed by atoms with Crippen molar-refractivity contribution < 1.29 is 20.4 Å². The van der Waals surface area contributed by atoms with Gasteiger partial charge in [0, 0.05) is 32.2 Å². The lowest BCUT2D eigenvalue weighted by Crippen LogP contribution is -2.11. The van der Waals surface area contributed by atoms with E-state index in [1.54, 1.807) is 0 Å². The Morgan fingerprint density at radius 2 is 0.778 bits per heavy atom. The number of fused-ring (bicyclic) bond motifs is 8. The predicted molar refractivity (Wildman–Crippen MR) is 141 cm³/mol. The summed E-state index contributed by atoms with van der Waals surface area (Å²) in [5.41, 5.74) is 6.76. The van der Waals surface area contributed by atoms with Gasteiger partial charge < -0.3 is 25.3 Å². The molecular formula is C31H31NO4. The van der Waals surface area contributed by atoms with Crippen molar-refractivity contribution in [2.24, 2.45) is 0 Å². The summed E-state index contributed by atoms with van der Waals surface area (Å²) >= 11 is 0. The number of hydrogen-bond donors (Lipinski definition) is 4. The molecule has 0 radical (unpaired) electrons. The van der Waals surface area contributed by atoms with E-state index in [1.165, 1.54) is 0 Å². The second-order valence-corrected chi connectivity index (χ2v) is 9.98. The molecule has 4 aromatic rings. The van der Waals surface area contributed by atoms with Crippen molar-refractivity contribution >= 4 is 0 Å². The fourth-order valence-electron chi connectivity index (χ4n) is 5.17. The van der Waals surface area contributed by atoms with E-state index in [-0.39, 0.29) is 23.0 Å². The Morgan fingerprint density at radius 3 is 1.08 bits per heavy atom. The van der Waals surface area contributed by atoms with E-state index in [0.29, 0.717) is 65.6 Å². The summed E-state index contributed by atoms with van der Waals surface area (Å²) in [4.78, 5) is 2.07. The van der Waals surface area contributed by atoms with Gasteiger partial charge in [-0.05, 0) is 64.2 Å². The summed E-state index contributed by atoms with van der Waals surface area (Å²) in [5.74, 6) is 0.713. The number of hydrogen-bond acceptors (Lipinski definition) is 5. The predicted octanol–water partition coefficient (Wildman–Crippen LogP) is 5.25. The van der Waals surface area contributed by atoms with Crippen LogP contribution in [-0.4, -0.2) is 39.4 Å². The molecule has 0 aromatic heterocycles. The van der Waals surface area contributed by atoms with Crippen LogP contribution in [0.1, 0.15) is 50.1 Å². The average molecular weight is 482 g/mol. The fourth-order valence-corrected chi connectivity index (χ4v) is 5.17. The number of para-hydroxylation sites is 3. The quantitative estimate of drug-likeness (QED) is 0.277. The van der Waals surface area contributed by atoms with Crippen molar-refractivity contribution in [3.8, 4) is 23.0 Å². The van der Waals surface area contributed by atoms with Crippen LogP contribution in [0.25, 0.3) is 0 Å². The highest BCUT2D eigenvalue weighted by molar-refractivity contribution is 5.55. The third kappa shape index (κ3) is 4.62. The number of phenolic OH excluding ortho intramolecular Hbond substituents is 4. The maximum Gasteiger partial charge on any atom is 0.122 e. The lowest BCUT2D eigenvalue weighted by Gasteiger charge is -2.19. The number of nitrogens with zero attached hydrogens (tertiary/aromatic N) is 1. The smallest absolute Gasteiger partial charge is 0.122 e. The second-order valence-electron chi connectivity index (χ2n) is 9.98. The van der Waals surface area contributed by atoms with Crippen LogP contribution in [0.4, 0.5) is 0 Å². The molecule has 36 heavy (non-hydrogen) atoms. The van der Waals surface area contributed by atoms with Crippen LogP contribution in [0, 0.1) is 0 Å². The summed E-state index contributed by atoms with van der Waals surface area (Å²) in [7, 11) is 4.00. The minimum Gasteiger partial charge on any atom is -0.507 e. The van der Waals surface area contributed by atoms with Gasteiger partial charge in [0.15, 0.2) is 0 Å². The molecule has 5 rings (SSSR count). The van der Waals surface area contributed by atoms with Gasteiger partial charge in [-0.25, -0.2) is 0 Å². The Hall–Kier alpha value is -3.96. The number of aromatic hydroxyl groups is 4. The lowest BCUT2D eigenvalue weighted by atomic mass is 9.90. The monoisotopic (exact) mass is 481 g/mol. The van der Waals surface area contributed by atoms with Crippen LogP contribution >= 0.6 is 0 Å². The maximum atomic E-state index is 11.3. The van der Waals surface area contributed by atoms with Crippen LogP contribution < -0.4 is 0 Å². The summed E-state index contributed by atoms with van der Waals surface area (Å²) in [5, 5.41) is 44.6. The molecule has 0 saturated carbocycles.